The van der Waals surface area contributed by atoms with Crippen LogP contribution in [0.15, 0.2) is 41.3 Å². The molecular formula is C18H17Cl2FN3OS+. The molecule has 2 rings (SSSR count). The van der Waals surface area contributed by atoms with Crippen LogP contribution in [0, 0.1) is 17.1 Å². The Balaban J connectivity index is 1.97. The van der Waals surface area contributed by atoms with Crippen LogP contribution < -0.4 is 10.6 Å². The van der Waals surface area contributed by atoms with E-state index in [0.29, 0.717) is 22.0 Å². The van der Waals surface area contributed by atoms with Gasteiger partial charge in [0.05, 0.1) is 27.6 Å². The van der Waals surface area contributed by atoms with Gasteiger partial charge >= 0.3 is 0 Å². The highest BCUT2D eigenvalue weighted by molar-refractivity contribution is 7.99. The number of halogens is 3. The fraction of sp³-hybridized carbons (Fsp3) is 0.222. The minimum Gasteiger partial charge on any atom is -0.332 e. The number of nitrogens with zero attached hydrogens (tertiary/aromatic N) is 1. The van der Waals surface area contributed by atoms with Crippen molar-refractivity contribution in [2.24, 2.45) is 0 Å². The maximum absolute atomic E-state index is 13.6. The number of rotatable bonds is 7. The lowest BCUT2D eigenvalue weighted by atomic mass is 10.1. The summed E-state index contributed by atoms with van der Waals surface area (Å²) in [5.41, 5.74) is 1.24. The van der Waals surface area contributed by atoms with Crippen LogP contribution in [0.5, 0.6) is 0 Å². The number of hydrogen-bond donors (Lipinski definition) is 2. The molecule has 0 fully saturated rings. The smallest absolute Gasteiger partial charge is 0.279 e. The molecular weight excluding hydrogens is 396 g/mol. The van der Waals surface area contributed by atoms with Crippen molar-refractivity contribution in [3.8, 4) is 6.07 Å². The third-order valence-electron chi connectivity index (χ3n) is 3.64. The predicted octanol–water partition coefficient (Wildman–Crippen LogP) is 4.01. The number of nitrogens with one attached hydrogen (secondary N) is 1. The summed E-state index contributed by atoms with van der Waals surface area (Å²) in [5, 5.41) is 13.6. The highest BCUT2D eigenvalue weighted by atomic mass is 35.5. The van der Waals surface area contributed by atoms with Crippen molar-refractivity contribution in [2.75, 3.05) is 17.6 Å². The lowest BCUT2D eigenvalue weighted by Gasteiger charge is -2.14. The SMILES string of the molecule is C[C@H]([NH2+]CC(=O)Nc1ccccc1SCC#N)c1cc(F)c(Cl)cc1Cl. The molecule has 0 radical (unpaired) electrons. The van der Waals surface area contributed by atoms with Gasteiger partial charge in [-0.3, -0.25) is 4.79 Å². The molecule has 0 unspecified atom stereocenters. The van der Waals surface area contributed by atoms with E-state index in [-0.39, 0.29) is 23.5 Å². The van der Waals surface area contributed by atoms with E-state index in [1.165, 1.54) is 23.9 Å². The lowest BCUT2D eigenvalue weighted by molar-refractivity contribution is -0.682. The number of amides is 1. The second kappa shape index (κ2) is 9.79. The fourth-order valence-corrected chi connectivity index (χ4v) is 3.53. The Bertz CT molecular complexity index is 842. The highest BCUT2D eigenvalue weighted by Crippen LogP contribution is 2.28. The van der Waals surface area contributed by atoms with Crippen LogP contribution in [0.25, 0.3) is 0 Å². The van der Waals surface area contributed by atoms with E-state index in [9.17, 15) is 9.18 Å². The van der Waals surface area contributed by atoms with Crippen LogP contribution in [0.2, 0.25) is 10.0 Å². The Hall–Kier alpha value is -1.78. The molecule has 0 heterocycles. The maximum Gasteiger partial charge on any atom is 0.279 e. The van der Waals surface area contributed by atoms with Crippen molar-refractivity contribution in [3.05, 3.63) is 57.8 Å². The number of nitrogens with two attached hydrogens (primary N) is 1. The molecule has 3 N–H and O–H groups in total. The molecule has 2 aromatic carbocycles. The predicted molar refractivity (Wildman–Crippen MR) is 103 cm³/mol. The van der Waals surface area contributed by atoms with Crippen molar-refractivity contribution >= 4 is 46.6 Å². The summed E-state index contributed by atoms with van der Waals surface area (Å²) in [4.78, 5) is 13.1. The van der Waals surface area contributed by atoms with E-state index >= 15 is 0 Å². The standard InChI is InChI=1S/C18H16Cl2FN3OS/c1-11(12-8-15(21)14(20)9-13(12)19)23-10-18(25)24-16-4-2-3-5-17(16)26-7-6-22/h2-5,8-9,11,23H,7,10H2,1H3,(H,24,25)/p+1/t11-/m0/s1. The monoisotopic (exact) mass is 412 g/mol. The van der Waals surface area contributed by atoms with Gasteiger partial charge in [0.2, 0.25) is 0 Å². The molecule has 0 aliphatic rings. The molecule has 8 heteroatoms. The number of nitriles is 1. The van der Waals surface area contributed by atoms with E-state index in [2.05, 4.69) is 11.4 Å². The molecule has 0 aromatic heterocycles. The summed E-state index contributed by atoms with van der Waals surface area (Å²) in [5.74, 6) is -0.442. The van der Waals surface area contributed by atoms with Crippen molar-refractivity contribution in [1.29, 1.82) is 5.26 Å². The Morgan fingerprint density at radius 3 is 2.81 bits per heavy atom. The zero-order valence-electron chi connectivity index (χ0n) is 13.9. The highest BCUT2D eigenvalue weighted by Gasteiger charge is 2.17. The largest absolute Gasteiger partial charge is 0.332 e. The zero-order chi connectivity index (χ0) is 19.1. The second-order valence-electron chi connectivity index (χ2n) is 5.51. The van der Waals surface area contributed by atoms with Crippen LogP contribution in [-0.2, 0) is 4.79 Å². The van der Waals surface area contributed by atoms with Crippen LogP contribution in [-0.4, -0.2) is 18.2 Å². The minimum atomic E-state index is -0.542. The molecule has 4 nitrogen and oxygen atoms in total. The van der Waals surface area contributed by atoms with Crippen molar-refractivity contribution in [1.82, 2.24) is 0 Å². The lowest BCUT2D eigenvalue weighted by Crippen LogP contribution is -2.86. The van der Waals surface area contributed by atoms with Crippen LogP contribution in [0.1, 0.15) is 18.5 Å². The van der Waals surface area contributed by atoms with Gasteiger partial charge in [0.15, 0.2) is 6.54 Å². The average molecular weight is 413 g/mol. The van der Waals surface area contributed by atoms with Gasteiger partial charge in [0.1, 0.15) is 11.9 Å². The quantitative estimate of drug-likeness (QED) is 0.532. The first-order chi connectivity index (χ1) is 12.4. The Kier molecular flexibility index (Phi) is 7.73. The van der Waals surface area contributed by atoms with E-state index in [1.54, 1.807) is 11.4 Å². The molecule has 0 saturated carbocycles. The normalized spacial score (nSPS) is 11.7. The molecule has 136 valence electrons. The van der Waals surface area contributed by atoms with E-state index in [4.69, 9.17) is 28.5 Å². The maximum atomic E-state index is 13.6. The fourth-order valence-electron chi connectivity index (χ4n) is 2.30. The van der Waals surface area contributed by atoms with E-state index < -0.39 is 5.82 Å². The summed E-state index contributed by atoms with van der Waals surface area (Å²) in [6.45, 7) is 1.97. The van der Waals surface area contributed by atoms with Gasteiger partial charge in [0.25, 0.3) is 5.91 Å². The Morgan fingerprint density at radius 2 is 2.08 bits per heavy atom. The van der Waals surface area contributed by atoms with E-state index in [0.717, 1.165) is 4.90 Å². The van der Waals surface area contributed by atoms with Crippen LogP contribution >= 0.6 is 35.0 Å². The van der Waals surface area contributed by atoms with Gasteiger partial charge in [-0.25, -0.2) is 4.39 Å². The van der Waals surface area contributed by atoms with Crippen LogP contribution in [0.4, 0.5) is 10.1 Å². The molecule has 2 aromatic rings. The third kappa shape index (κ3) is 5.61. The topological polar surface area (TPSA) is 69.5 Å². The number of para-hydroxylation sites is 1. The summed E-state index contributed by atoms with van der Waals surface area (Å²) >= 11 is 13.2. The Morgan fingerprint density at radius 1 is 1.35 bits per heavy atom. The molecule has 1 amide bonds. The average Bonchev–Trinajstić information content (AvgIpc) is 2.62. The summed E-state index contributed by atoms with van der Waals surface area (Å²) in [6, 6.07) is 11.8. The number of carbonyl (C=O) groups is 1. The molecule has 26 heavy (non-hydrogen) atoms. The molecule has 0 saturated heterocycles. The molecule has 0 bridgehead atoms. The van der Waals surface area contributed by atoms with Gasteiger partial charge in [0, 0.05) is 10.5 Å². The number of hydrogen-bond acceptors (Lipinski definition) is 3. The minimum absolute atomic E-state index is 0.0323. The molecule has 0 spiro atoms. The molecule has 1 atom stereocenters. The van der Waals surface area contributed by atoms with E-state index in [1.807, 2.05) is 25.1 Å². The first kappa shape index (κ1) is 20.5. The van der Waals surface area contributed by atoms with Crippen molar-refractivity contribution in [2.45, 2.75) is 17.9 Å². The van der Waals surface area contributed by atoms with Crippen LogP contribution in [0.3, 0.4) is 0 Å². The number of benzene rings is 2. The first-order valence-electron chi connectivity index (χ1n) is 7.78. The zero-order valence-corrected chi connectivity index (χ0v) is 16.3. The second-order valence-corrected chi connectivity index (χ2v) is 7.34. The number of quaternary nitrogens is 1. The van der Waals surface area contributed by atoms with Gasteiger partial charge in [-0.15, -0.1) is 11.8 Å². The van der Waals surface area contributed by atoms with Gasteiger partial charge in [-0.1, -0.05) is 35.3 Å². The van der Waals surface area contributed by atoms with Gasteiger partial charge in [-0.2, -0.15) is 5.26 Å². The van der Waals surface area contributed by atoms with Crippen molar-refractivity contribution in [3.63, 3.8) is 0 Å². The summed E-state index contributed by atoms with van der Waals surface area (Å²) < 4.78 is 13.6. The van der Waals surface area contributed by atoms with Gasteiger partial charge in [-0.05, 0) is 31.2 Å². The molecule has 0 aliphatic heterocycles. The molecule has 0 aliphatic carbocycles. The number of thioether (sulfide) groups is 1. The first-order valence-corrected chi connectivity index (χ1v) is 9.53. The number of carbonyl (C=O) groups excluding carboxylic acids is 1. The third-order valence-corrected chi connectivity index (χ3v) is 5.20. The summed E-state index contributed by atoms with van der Waals surface area (Å²) in [6.07, 6.45) is 0. The summed E-state index contributed by atoms with van der Waals surface area (Å²) in [7, 11) is 0. The van der Waals surface area contributed by atoms with Crippen molar-refractivity contribution < 1.29 is 14.5 Å². The Labute approximate surface area is 165 Å². The number of anilines is 1. The van der Waals surface area contributed by atoms with Gasteiger partial charge < -0.3 is 10.6 Å².